The predicted octanol–water partition coefficient (Wildman–Crippen LogP) is 2.74. The standard InChI is InChI=1S/C18H18N4/c1-3-13-14-7-11(15-5-2-6-21-22-15)9-20-17(14)8-12-10-19-16(4-1)18(12)13/h1-6,10-11,14,17,19-20H,7-9H2/t11?,14-,17-/m1/s1. The lowest BCUT2D eigenvalue weighted by atomic mass is 9.73. The van der Waals surface area contributed by atoms with E-state index >= 15 is 0 Å². The molecule has 2 aromatic heterocycles. The molecule has 2 aliphatic rings. The van der Waals surface area contributed by atoms with Crippen LogP contribution in [0.5, 0.6) is 0 Å². The van der Waals surface area contributed by atoms with Gasteiger partial charge in [0.25, 0.3) is 0 Å². The van der Waals surface area contributed by atoms with Crippen LogP contribution in [0.15, 0.2) is 42.7 Å². The number of H-pyrrole nitrogens is 1. The maximum atomic E-state index is 4.33. The number of hydrogen-bond donors (Lipinski definition) is 2. The number of fused-ring (bicyclic) bond motifs is 2. The van der Waals surface area contributed by atoms with E-state index in [1.54, 1.807) is 6.20 Å². The summed E-state index contributed by atoms with van der Waals surface area (Å²) in [5.41, 5.74) is 5.33. The molecule has 22 heavy (non-hydrogen) atoms. The largest absolute Gasteiger partial charge is 0.361 e. The zero-order valence-electron chi connectivity index (χ0n) is 12.3. The Morgan fingerprint density at radius 2 is 2.14 bits per heavy atom. The summed E-state index contributed by atoms with van der Waals surface area (Å²) in [4.78, 5) is 3.42. The molecule has 0 spiro atoms. The normalized spacial score (nSPS) is 26.8. The lowest BCUT2D eigenvalue weighted by Gasteiger charge is -2.40. The third-order valence-corrected chi connectivity index (χ3v) is 5.32. The fourth-order valence-corrected chi connectivity index (χ4v) is 4.30. The van der Waals surface area contributed by atoms with E-state index in [1.807, 2.05) is 6.07 Å². The Hall–Kier alpha value is -2.20. The fourth-order valence-electron chi connectivity index (χ4n) is 4.30. The predicted molar refractivity (Wildman–Crippen MR) is 85.9 cm³/mol. The van der Waals surface area contributed by atoms with Gasteiger partial charge < -0.3 is 10.3 Å². The highest BCUT2D eigenvalue weighted by Gasteiger charge is 2.37. The maximum Gasteiger partial charge on any atom is 0.0674 e. The lowest BCUT2D eigenvalue weighted by molar-refractivity contribution is 0.311. The van der Waals surface area contributed by atoms with E-state index in [2.05, 4.69) is 51.0 Å². The molecule has 0 amide bonds. The molecule has 3 aromatic rings. The molecule has 1 aromatic carbocycles. The molecule has 4 nitrogen and oxygen atoms in total. The summed E-state index contributed by atoms with van der Waals surface area (Å²) in [7, 11) is 0. The topological polar surface area (TPSA) is 53.6 Å². The van der Waals surface area contributed by atoms with Crippen molar-refractivity contribution in [2.24, 2.45) is 0 Å². The van der Waals surface area contributed by atoms with Crippen molar-refractivity contribution >= 4 is 10.9 Å². The Kier molecular flexibility index (Phi) is 2.61. The SMILES string of the molecule is c1cnnc(C2CN[C@@H]3Cc4c[nH]c5cccc(c45)[C@H]3C2)c1. The maximum absolute atomic E-state index is 4.33. The lowest BCUT2D eigenvalue weighted by Crippen LogP contribution is -2.46. The Morgan fingerprint density at radius 3 is 3.05 bits per heavy atom. The number of nitrogens with one attached hydrogen (secondary N) is 2. The van der Waals surface area contributed by atoms with Crippen LogP contribution in [0.1, 0.15) is 35.1 Å². The summed E-state index contributed by atoms with van der Waals surface area (Å²) in [6.45, 7) is 0.996. The zero-order valence-corrected chi connectivity index (χ0v) is 12.3. The third kappa shape index (κ3) is 1.74. The second-order valence-electron chi connectivity index (χ2n) is 6.49. The summed E-state index contributed by atoms with van der Waals surface area (Å²) in [6, 6.07) is 11.3. The average Bonchev–Trinajstić information content (AvgIpc) is 3.00. The first-order valence-electron chi connectivity index (χ1n) is 8.00. The van der Waals surface area contributed by atoms with Crippen molar-refractivity contribution in [2.75, 3.05) is 6.54 Å². The smallest absolute Gasteiger partial charge is 0.0674 e. The van der Waals surface area contributed by atoms with Crippen molar-refractivity contribution in [2.45, 2.75) is 30.7 Å². The Balaban J connectivity index is 1.57. The first kappa shape index (κ1) is 12.4. The Morgan fingerprint density at radius 1 is 1.14 bits per heavy atom. The minimum Gasteiger partial charge on any atom is -0.361 e. The zero-order chi connectivity index (χ0) is 14.5. The molecular formula is C18H18N4. The highest BCUT2D eigenvalue weighted by molar-refractivity contribution is 5.88. The molecule has 0 saturated carbocycles. The molecule has 1 unspecified atom stereocenters. The van der Waals surface area contributed by atoms with Crippen molar-refractivity contribution in [3.63, 3.8) is 0 Å². The van der Waals surface area contributed by atoms with Gasteiger partial charge in [-0.25, -0.2) is 0 Å². The van der Waals surface area contributed by atoms with Gasteiger partial charge >= 0.3 is 0 Å². The van der Waals surface area contributed by atoms with Gasteiger partial charge in [-0.3, -0.25) is 0 Å². The molecule has 1 aliphatic carbocycles. The summed E-state index contributed by atoms with van der Waals surface area (Å²) in [5.74, 6) is 1.01. The van der Waals surface area contributed by atoms with E-state index in [9.17, 15) is 0 Å². The molecule has 3 heterocycles. The van der Waals surface area contributed by atoms with Crippen LogP contribution in [-0.2, 0) is 6.42 Å². The van der Waals surface area contributed by atoms with E-state index in [-0.39, 0.29) is 0 Å². The second-order valence-corrected chi connectivity index (χ2v) is 6.49. The molecule has 1 fully saturated rings. The average molecular weight is 290 g/mol. The van der Waals surface area contributed by atoms with Gasteiger partial charge in [-0.05, 0) is 42.2 Å². The van der Waals surface area contributed by atoms with Crippen molar-refractivity contribution in [3.8, 4) is 0 Å². The second kappa shape index (κ2) is 4.65. The van der Waals surface area contributed by atoms with Crippen molar-refractivity contribution in [1.82, 2.24) is 20.5 Å². The number of benzene rings is 1. The van der Waals surface area contributed by atoms with E-state index in [1.165, 1.54) is 22.0 Å². The monoisotopic (exact) mass is 290 g/mol. The van der Waals surface area contributed by atoms with Gasteiger partial charge in [0.1, 0.15) is 0 Å². The van der Waals surface area contributed by atoms with Crippen LogP contribution >= 0.6 is 0 Å². The van der Waals surface area contributed by atoms with E-state index in [0.717, 1.165) is 25.1 Å². The highest BCUT2D eigenvalue weighted by Crippen LogP contribution is 2.43. The Labute approximate surface area is 129 Å². The molecule has 0 bridgehead atoms. The number of piperidine rings is 1. The van der Waals surface area contributed by atoms with Crippen LogP contribution in [0.4, 0.5) is 0 Å². The molecule has 4 heteroatoms. The number of rotatable bonds is 1. The van der Waals surface area contributed by atoms with E-state index in [0.29, 0.717) is 17.9 Å². The van der Waals surface area contributed by atoms with Gasteiger partial charge in [0.15, 0.2) is 0 Å². The summed E-state index contributed by atoms with van der Waals surface area (Å²) in [5, 5.41) is 13.6. The van der Waals surface area contributed by atoms with E-state index < -0.39 is 0 Å². The molecule has 1 saturated heterocycles. The van der Waals surface area contributed by atoms with Crippen LogP contribution in [0.3, 0.4) is 0 Å². The van der Waals surface area contributed by atoms with Gasteiger partial charge in [-0.2, -0.15) is 10.2 Å². The van der Waals surface area contributed by atoms with E-state index in [4.69, 9.17) is 0 Å². The van der Waals surface area contributed by atoms with Crippen LogP contribution < -0.4 is 5.32 Å². The van der Waals surface area contributed by atoms with Gasteiger partial charge in [0.2, 0.25) is 0 Å². The van der Waals surface area contributed by atoms with Crippen LogP contribution in [0.25, 0.3) is 10.9 Å². The molecule has 3 atom stereocenters. The third-order valence-electron chi connectivity index (χ3n) is 5.32. The van der Waals surface area contributed by atoms with Gasteiger partial charge in [-0.1, -0.05) is 12.1 Å². The molecular weight excluding hydrogens is 272 g/mol. The number of hydrogen-bond acceptors (Lipinski definition) is 3. The number of aromatic nitrogens is 3. The molecule has 110 valence electrons. The fraction of sp³-hybridized carbons (Fsp3) is 0.333. The van der Waals surface area contributed by atoms with Gasteiger partial charge in [0.05, 0.1) is 5.69 Å². The van der Waals surface area contributed by atoms with Crippen molar-refractivity contribution in [1.29, 1.82) is 0 Å². The van der Waals surface area contributed by atoms with Gasteiger partial charge in [0, 0.05) is 47.7 Å². The van der Waals surface area contributed by atoms with Crippen molar-refractivity contribution < 1.29 is 0 Å². The summed E-state index contributed by atoms with van der Waals surface area (Å²) in [6.07, 6.45) is 6.20. The highest BCUT2D eigenvalue weighted by atomic mass is 15.1. The number of nitrogens with zero attached hydrogens (tertiary/aromatic N) is 2. The van der Waals surface area contributed by atoms with Crippen LogP contribution in [0.2, 0.25) is 0 Å². The quantitative estimate of drug-likeness (QED) is 0.724. The van der Waals surface area contributed by atoms with Gasteiger partial charge in [-0.15, -0.1) is 0 Å². The molecule has 1 aliphatic heterocycles. The molecule has 2 N–H and O–H groups in total. The first-order chi connectivity index (χ1) is 10.9. The van der Waals surface area contributed by atoms with Crippen LogP contribution in [0, 0.1) is 0 Å². The summed E-state index contributed by atoms with van der Waals surface area (Å²) < 4.78 is 0. The van der Waals surface area contributed by atoms with Crippen LogP contribution in [-0.4, -0.2) is 27.8 Å². The van der Waals surface area contributed by atoms with Crippen molar-refractivity contribution in [3.05, 3.63) is 59.5 Å². The minimum atomic E-state index is 0.450. The molecule has 5 rings (SSSR count). The Bertz CT molecular complexity index is 823. The number of aromatic amines is 1. The summed E-state index contributed by atoms with van der Waals surface area (Å²) >= 11 is 0. The minimum absolute atomic E-state index is 0.450. The first-order valence-corrected chi connectivity index (χ1v) is 8.00. The molecule has 0 radical (unpaired) electrons.